The van der Waals surface area contributed by atoms with E-state index in [1.54, 1.807) is 13.2 Å². The number of rotatable bonds is 6. The Labute approximate surface area is 94.7 Å². The average molecular weight is 246 g/mol. The summed E-state index contributed by atoms with van der Waals surface area (Å²) in [7, 11) is -2.57. The second kappa shape index (κ2) is 5.83. The van der Waals surface area contributed by atoms with Crippen LogP contribution in [0.2, 0.25) is 0 Å². The summed E-state index contributed by atoms with van der Waals surface area (Å²) in [5, 5.41) is 0. The van der Waals surface area contributed by atoms with E-state index in [9.17, 15) is 8.42 Å². The molecule has 0 radical (unpaired) electrons. The standard InChI is InChI=1S/C10H14O5S/c1-14-6-3-7-15-9-4-2-5-10(8-9)16(11,12)13/h2,4-5,8H,3,6-7H2,1H3,(H,11,12,13). The maximum atomic E-state index is 10.8. The zero-order valence-corrected chi connectivity index (χ0v) is 9.74. The molecule has 1 aromatic carbocycles. The van der Waals surface area contributed by atoms with Crippen LogP contribution in [0.5, 0.6) is 5.75 Å². The number of hydrogen-bond donors (Lipinski definition) is 1. The van der Waals surface area contributed by atoms with Crippen molar-refractivity contribution in [3.63, 3.8) is 0 Å². The van der Waals surface area contributed by atoms with Crippen molar-refractivity contribution in [3.8, 4) is 5.75 Å². The van der Waals surface area contributed by atoms with E-state index in [0.717, 1.165) is 0 Å². The molecule has 0 aliphatic carbocycles. The molecule has 0 heterocycles. The molecule has 0 spiro atoms. The van der Waals surface area contributed by atoms with Crippen LogP contribution in [0.15, 0.2) is 29.2 Å². The lowest BCUT2D eigenvalue weighted by Gasteiger charge is -2.06. The van der Waals surface area contributed by atoms with Crippen molar-refractivity contribution in [2.45, 2.75) is 11.3 Å². The summed E-state index contributed by atoms with van der Waals surface area (Å²) in [4.78, 5) is -0.170. The highest BCUT2D eigenvalue weighted by Crippen LogP contribution is 2.17. The van der Waals surface area contributed by atoms with Gasteiger partial charge in [0.1, 0.15) is 5.75 Å². The molecule has 1 aromatic rings. The van der Waals surface area contributed by atoms with Crippen LogP contribution in [0.1, 0.15) is 6.42 Å². The van der Waals surface area contributed by atoms with E-state index in [1.165, 1.54) is 18.2 Å². The van der Waals surface area contributed by atoms with Gasteiger partial charge in [0.15, 0.2) is 0 Å². The van der Waals surface area contributed by atoms with Crippen LogP contribution < -0.4 is 4.74 Å². The number of hydrogen-bond acceptors (Lipinski definition) is 4. The summed E-state index contributed by atoms with van der Waals surface area (Å²) in [6.07, 6.45) is 0.715. The lowest BCUT2D eigenvalue weighted by atomic mass is 10.3. The topological polar surface area (TPSA) is 72.8 Å². The Hall–Kier alpha value is -1.11. The molecule has 90 valence electrons. The van der Waals surface area contributed by atoms with Crippen molar-refractivity contribution in [1.82, 2.24) is 0 Å². The van der Waals surface area contributed by atoms with Crippen molar-refractivity contribution < 1.29 is 22.4 Å². The lowest BCUT2D eigenvalue weighted by molar-refractivity contribution is 0.172. The molecular formula is C10H14O5S. The van der Waals surface area contributed by atoms with E-state index in [0.29, 0.717) is 25.4 Å². The summed E-state index contributed by atoms with van der Waals surface area (Å²) >= 11 is 0. The molecule has 0 unspecified atom stereocenters. The molecule has 0 aliphatic heterocycles. The van der Waals surface area contributed by atoms with Gasteiger partial charge in [0.05, 0.1) is 11.5 Å². The van der Waals surface area contributed by atoms with Gasteiger partial charge in [0.25, 0.3) is 10.1 Å². The third-order valence-corrected chi connectivity index (χ3v) is 2.71. The average Bonchev–Trinajstić information content (AvgIpc) is 2.24. The van der Waals surface area contributed by atoms with Crippen molar-refractivity contribution >= 4 is 10.1 Å². The second-order valence-electron chi connectivity index (χ2n) is 3.14. The Balaban J connectivity index is 2.62. The molecule has 0 saturated heterocycles. The van der Waals surface area contributed by atoms with Crippen molar-refractivity contribution in [1.29, 1.82) is 0 Å². The summed E-state index contributed by atoms with van der Waals surface area (Å²) in [6, 6.07) is 5.72. The van der Waals surface area contributed by atoms with Crippen LogP contribution in [-0.4, -0.2) is 33.3 Å². The SMILES string of the molecule is COCCCOc1cccc(S(=O)(=O)O)c1. The third-order valence-electron chi connectivity index (χ3n) is 1.86. The van der Waals surface area contributed by atoms with Gasteiger partial charge in [0.2, 0.25) is 0 Å². The van der Waals surface area contributed by atoms with Gasteiger partial charge in [-0.05, 0) is 12.1 Å². The molecule has 6 heteroatoms. The van der Waals surface area contributed by atoms with E-state index in [4.69, 9.17) is 14.0 Å². The Bertz CT molecular complexity index is 427. The first-order chi connectivity index (χ1) is 7.54. The Kier molecular flexibility index (Phi) is 4.72. The van der Waals surface area contributed by atoms with Gasteiger partial charge in [-0.2, -0.15) is 8.42 Å². The zero-order valence-electron chi connectivity index (χ0n) is 8.92. The summed E-state index contributed by atoms with van der Waals surface area (Å²) in [6.45, 7) is 1.01. The smallest absolute Gasteiger partial charge is 0.294 e. The molecule has 0 saturated carbocycles. The first kappa shape index (κ1) is 13.0. The molecule has 0 aliphatic rings. The molecule has 16 heavy (non-hydrogen) atoms. The maximum Gasteiger partial charge on any atom is 0.294 e. The normalized spacial score (nSPS) is 11.4. The third kappa shape index (κ3) is 4.18. The van der Waals surface area contributed by atoms with E-state index in [2.05, 4.69) is 0 Å². The summed E-state index contributed by atoms with van der Waals surface area (Å²) < 4.78 is 40.6. The highest BCUT2D eigenvalue weighted by molar-refractivity contribution is 7.85. The maximum absolute atomic E-state index is 10.8. The summed E-state index contributed by atoms with van der Waals surface area (Å²) in [5.41, 5.74) is 0. The first-order valence-electron chi connectivity index (χ1n) is 4.73. The zero-order chi connectivity index (χ0) is 12.0. The minimum Gasteiger partial charge on any atom is -0.493 e. The van der Waals surface area contributed by atoms with E-state index in [1.807, 2.05) is 0 Å². The van der Waals surface area contributed by atoms with E-state index >= 15 is 0 Å². The van der Waals surface area contributed by atoms with Gasteiger partial charge in [-0.25, -0.2) is 0 Å². The van der Waals surface area contributed by atoms with E-state index < -0.39 is 10.1 Å². The molecule has 5 nitrogen and oxygen atoms in total. The van der Waals surface area contributed by atoms with Gasteiger partial charge in [0, 0.05) is 26.2 Å². The van der Waals surface area contributed by atoms with Gasteiger partial charge in [-0.1, -0.05) is 6.07 Å². The molecule has 1 N–H and O–H groups in total. The quantitative estimate of drug-likeness (QED) is 0.606. The molecular weight excluding hydrogens is 232 g/mol. The fraction of sp³-hybridized carbons (Fsp3) is 0.400. The highest BCUT2D eigenvalue weighted by Gasteiger charge is 2.09. The molecule has 0 amide bonds. The minimum absolute atomic E-state index is 0.170. The highest BCUT2D eigenvalue weighted by atomic mass is 32.2. The van der Waals surface area contributed by atoms with Crippen LogP contribution in [-0.2, 0) is 14.9 Å². The molecule has 0 aromatic heterocycles. The van der Waals surface area contributed by atoms with Crippen molar-refractivity contribution in [3.05, 3.63) is 24.3 Å². The van der Waals surface area contributed by atoms with Gasteiger partial charge < -0.3 is 9.47 Å². The number of methoxy groups -OCH3 is 1. The number of ether oxygens (including phenoxy) is 2. The van der Waals surface area contributed by atoms with Crippen LogP contribution in [0.25, 0.3) is 0 Å². The van der Waals surface area contributed by atoms with Crippen LogP contribution in [0, 0.1) is 0 Å². The largest absolute Gasteiger partial charge is 0.493 e. The van der Waals surface area contributed by atoms with Crippen LogP contribution in [0.3, 0.4) is 0 Å². The first-order valence-corrected chi connectivity index (χ1v) is 6.17. The summed E-state index contributed by atoms with van der Waals surface area (Å²) in [5.74, 6) is 0.409. The Morgan fingerprint density at radius 3 is 2.69 bits per heavy atom. The monoisotopic (exact) mass is 246 g/mol. The molecule has 0 fully saturated rings. The van der Waals surface area contributed by atoms with Gasteiger partial charge in [-0.3, -0.25) is 4.55 Å². The molecule has 0 bridgehead atoms. The predicted molar refractivity (Wildman–Crippen MR) is 58.2 cm³/mol. The minimum atomic E-state index is -4.17. The molecule has 0 atom stereocenters. The fourth-order valence-electron chi connectivity index (χ4n) is 1.12. The van der Waals surface area contributed by atoms with Crippen molar-refractivity contribution in [2.75, 3.05) is 20.3 Å². The fourth-order valence-corrected chi connectivity index (χ4v) is 1.63. The van der Waals surface area contributed by atoms with Gasteiger partial charge >= 0.3 is 0 Å². The Morgan fingerprint density at radius 2 is 2.06 bits per heavy atom. The van der Waals surface area contributed by atoms with E-state index in [-0.39, 0.29) is 4.90 Å². The predicted octanol–water partition coefficient (Wildman–Crippen LogP) is 1.35. The van der Waals surface area contributed by atoms with Crippen molar-refractivity contribution in [2.24, 2.45) is 0 Å². The number of benzene rings is 1. The van der Waals surface area contributed by atoms with Gasteiger partial charge in [-0.15, -0.1) is 0 Å². The molecule has 1 rings (SSSR count). The Morgan fingerprint density at radius 1 is 1.31 bits per heavy atom. The van der Waals surface area contributed by atoms with Crippen LogP contribution >= 0.6 is 0 Å². The van der Waals surface area contributed by atoms with Crippen LogP contribution in [0.4, 0.5) is 0 Å². The second-order valence-corrected chi connectivity index (χ2v) is 4.57. The lowest BCUT2D eigenvalue weighted by Crippen LogP contribution is -2.03.